The lowest BCUT2D eigenvalue weighted by Crippen LogP contribution is -2.40. The van der Waals surface area contributed by atoms with E-state index in [2.05, 4.69) is 31.8 Å². The molecule has 0 radical (unpaired) electrons. The van der Waals surface area contributed by atoms with Crippen LogP contribution in [-0.4, -0.2) is 22.8 Å². The number of nitrogens with one attached hydrogen (secondary N) is 3. The SMILES string of the molecule is NNC(=O)N/N=C(/C[C@]1(O)C(=O)Nc2ccc(Br)cc21)c1ccccc1. The summed E-state index contributed by atoms with van der Waals surface area (Å²) < 4.78 is 0.727. The molecule has 0 aromatic heterocycles. The van der Waals surface area contributed by atoms with Crippen LogP contribution in [0.4, 0.5) is 10.5 Å². The fourth-order valence-electron chi connectivity index (χ4n) is 2.72. The second kappa shape index (κ2) is 7.24. The number of halogens is 1. The van der Waals surface area contributed by atoms with Crippen molar-refractivity contribution in [1.82, 2.24) is 10.9 Å². The third-order valence-corrected chi connectivity index (χ3v) is 4.50. The van der Waals surface area contributed by atoms with E-state index >= 15 is 0 Å². The Morgan fingerprint density at radius 2 is 2.00 bits per heavy atom. The summed E-state index contributed by atoms with van der Waals surface area (Å²) in [5, 5.41) is 17.8. The molecule has 1 heterocycles. The Kier molecular flexibility index (Phi) is 5.03. The molecule has 26 heavy (non-hydrogen) atoms. The summed E-state index contributed by atoms with van der Waals surface area (Å²) >= 11 is 3.35. The van der Waals surface area contributed by atoms with Gasteiger partial charge in [0.05, 0.1) is 5.71 Å². The van der Waals surface area contributed by atoms with Crippen LogP contribution in [0.2, 0.25) is 0 Å². The van der Waals surface area contributed by atoms with Crippen molar-refractivity contribution in [3.05, 3.63) is 64.1 Å². The summed E-state index contributed by atoms with van der Waals surface area (Å²) in [6.07, 6.45) is -0.142. The highest BCUT2D eigenvalue weighted by Gasteiger charge is 2.46. The van der Waals surface area contributed by atoms with Gasteiger partial charge in [-0.05, 0) is 23.8 Å². The highest BCUT2D eigenvalue weighted by atomic mass is 79.9. The predicted octanol–water partition coefficient (Wildman–Crippen LogP) is 1.56. The molecule has 134 valence electrons. The van der Waals surface area contributed by atoms with E-state index in [4.69, 9.17) is 5.84 Å². The van der Waals surface area contributed by atoms with Crippen LogP contribution < -0.4 is 22.0 Å². The number of aliphatic hydroxyl groups is 1. The number of benzene rings is 2. The molecule has 8 nitrogen and oxygen atoms in total. The molecule has 0 saturated carbocycles. The number of nitrogens with two attached hydrogens (primary N) is 1. The van der Waals surface area contributed by atoms with Crippen molar-refractivity contribution in [2.75, 3.05) is 5.32 Å². The highest BCUT2D eigenvalue weighted by Crippen LogP contribution is 2.40. The van der Waals surface area contributed by atoms with Gasteiger partial charge in [-0.25, -0.2) is 16.1 Å². The predicted molar refractivity (Wildman–Crippen MR) is 100 cm³/mol. The second-order valence-electron chi connectivity index (χ2n) is 5.69. The fourth-order valence-corrected chi connectivity index (χ4v) is 3.08. The van der Waals surface area contributed by atoms with Gasteiger partial charge in [0.2, 0.25) is 0 Å². The van der Waals surface area contributed by atoms with Gasteiger partial charge in [0, 0.05) is 22.1 Å². The van der Waals surface area contributed by atoms with Crippen LogP contribution in [0, 0.1) is 0 Å². The Morgan fingerprint density at radius 1 is 1.27 bits per heavy atom. The first-order valence-electron chi connectivity index (χ1n) is 7.66. The number of fused-ring (bicyclic) bond motifs is 1. The Morgan fingerprint density at radius 3 is 2.69 bits per heavy atom. The number of hydrogen-bond donors (Lipinski definition) is 5. The quantitative estimate of drug-likeness (QED) is 0.223. The molecule has 1 aliphatic rings. The summed E-state index contributed by atoms with van der Waals surface area (Å²) in [6, 6.07) is 13.4. The van der Waals surface area contributed by atoms with Crippen LogP contribution in [0.15, 0.2) is 58.1 Å². The molecular weight excluding hydrogens is 402 g/mol. The van der Waals surface area contributed by atoms with E-state index in [1.165, 1.54) is 0 Å². The van der Waals surface area contributed by atoms with E-state index in [9.17, 15) is 14.7 Å². The number of urea groups is 1. The van der Waals surface area contributed by atoms with Gasteiger partial charge in [-0.1, -0.05) is 46.3 Å². The van der Waals surface area contributed by atoms with Crippen LogP contribution in [0.25, 0.3) is 0 Å². The zero-order chi connectivity index (χ0) is 18.7. The van der Waals surface area contributed by atoms with Crippen LogP contribution >= 0.6 is 15.9 Å². The van der Waals surface area contributed by atoms with Crippen molar-refractivity contribution >= 4 is 39.3 Å². The number of amides is 3. The third-order valence-electron chi connectivity index (χ3n) is 4.00. The molecule has 1 atom stereocenters. The van der Waals surface area contributed by atoms with Gasteiger partial charge in [-0.2, -0.15) is 5.10 Å². The maximum absolute atomic E-state index is 12.5. The van der Waals surface area contributed by atoms with Gasteiger partial charge < -0.3 is 10.4 Å². The smallest absolute Gasteiger partial charge is 0.349 e. The monoisotopic (exact) mass is 417 g/mol. The summed E-state index contributed by atoms with van der Waals surface area (Å²) in [7, 11) is 0. The number of hydrogen-bond acceptors (Lipinski definition) is 5. The van der Waals surface area contributed by atoms with Gasteiger partial charge >= 0.3 is 6.03 Å². The average Bonchev–Trinajstić information content (AvgIpc) is 2.89. The van der Waals surface area contributed by atoms with E-state index < -0.39 is 17.5 Å². The van der Waals surface area contributed by atoms with E-state index in [1.54, 1.807) is 42.5 Å². The molecule has 6 N–H and O–H groups in total. The maximum Gasteiger partial charge on any atom is 0.349 e. The van der Waals surface area contributed by atoms with Gasteiger partial charge in [0.1, 0.15) is 0 Å². The van der Waals surface area contributed by atoms with Crippen molar-refractivity contribution in [3.63, 3.8) is 0 Å². The normalized spacial score (nSPS) is 18.9. The lowest BCUT2D eigenvalue weighted by molar-refractivity contribution is -0.132. The van der Waals surface area contributed by atoms with Crippen LogP contribution in [0.1, 0.15) is 17.5 Å². The third kappa shape index (κ3) is 3.45. The van der Waals surface area contributed by atoms with E-state index in [1.807, 2.05) is 11.5 Å². The van der Waals surface area contributed by atoms with Crippen LogP contribution in [0.5, 0.6) is 0 Å². The van der Waals surface area contributed by atoms with Gasteiger partial charge in [-0.3, -0.25) is 10.2 Å². The molecule has 0 aliphatic carbocycles. The van der Waals surface area contributed by atoms with Crippen molar-refractivity contribution in [1.29, 1.82) is 0 Å². The molecule has 1 aliphatic heterocycles. The molecule has 0 bridgehead atoms. The Hall–Kier alpha value is -2.75. The number of anilines is 1. The zero-order valence-electron chi connectivity index (χ0n) is 13.5. The van der Waals surface area contributed by atoms with E-state index in [-0.39, 0.29) is 6.42 Å². The first-order chi connectivity index (χ1) is 12.4. The highest BCUT2D eigenvalue weighted by molar-refractivity contribution is 9.10. The molecule has 0 unspecified atom stereocenters. The Bertz CT molecular complexity index is 887. The first kappa shape index (κ1) is 18.1. The van der Waals surface area contributed by atoms with Crippen molar-refractivity contribution in [2.45, 2.75) is 12.0 Å². The number of hydrazine groups is 1. The van der Waals surface area contributed by atoms with Crippen molar-refractivity contribution < 1.29 is 14.7 Å². The zero-order valence-corrected chi connectivity index (χ0v) is 15.1. The molecule has 2 aromatic carbocycles. The number of hydrazone groups is 1. The minimum absolute atomic E-state index is 0.142. The van der Waals surface area contributed by atoms with Crippen LogP contribution in [0.3, 0.4) is 0 Å². The summed E-state index contributed by atoms with van der Waals surface area (Å²) in [5.41, 5.74) is 4.24. The molecular formula is C17H16BrN5O3. The van der Waals surface area contributed by atoms with E-state index in [0.29, 0.717) is 22.5 Å². The molecule has 0 spiro atoms. The second-order valence-corrected chi connectivity index (χ2v) is 6.61. The van der Waals surface area contributed by atoms with Crippen molar-refractivity contribution in [2.24, 2.45) is 10.9 Å². The molecule has 9 heteroatoms. The largest absolute Gasteiger partial charge is 0.375 e. The summed E-state index contributed by atoms with van der Waals surface area (Å²) in [4.78, 5) is 23.8. The first-order valence-corrected chi connectivity index (χ1v) is 8.46. The maximum atomic E-state index is 12.5. The topological polar surface area (TPSA) is 129 Å². The van der Waals surface area contributed by atoms with Gasteiger partial charge in [0.15, 0.2) is 5.60 Å². The minimum atomic E-state index is -1.82. The molecule has 2 aromatic rings. The van der Waals surface area contributed by atoms with Gasteiger partial charge in [0.25, 0.3) is 5.91 Å². The minimum Gasteiger partial charge on any atom is -0.375 e. The molecule has 3 rings (SSSR count). The summed E-state index contributed by atoms with van der Waals surface area (Å²) in [6.45, 7) is 0. The Balaban J connectivity index is 2.00. The van der Waals surface area contributed by atoms with Crippen LogP contribution in [-0.2, 0) is 10.4 Å². The van der Waals surface area contributed by atoms with E-state index in [0.717, 1.165) is 4.47 Å². The molecule has 3 amide bonds. The number of nitrogens with zero attached hydrogens (tertiary/aromatic N) is 1. The summed E-state index contributed by atoms with van der Waals surface area (Å²) in [5.74, 6) is 4.48. The lowest BCUT2D eigenvalue weighted by Gasteiger charge is -2.22. The Labute approximate surface area is 157 Å². The van der Waals surface area contributed by atoms with Gasteiger partial charge in [-0.15, -0.1) is 0 Å². The number of carbonyl (C=O) groups excluding carboxylic acids is 2. The molecule has 0 fully saturated rings. The molecule has 0 saturated heterocycles. The number of carbonyl (C=O) groups is 2. The fraction of sp³-hybridized carbons (Fsp3) is 0.118. The number of rotatable bonds is 4. The standard InChI is InChI=1S/C17H16BrN5O3/c18-11-6-7-13-12(8-11)17(26,15(24)20-13)9-14(22-23-16(25)21-19)10-4-2-1-3-5-10/h1-8,26H,9,19H2,(H,20,24)(H2,21,23,25)/b22-14-/t17-/m1/s1. The van der Waals surface area contributed by atoms with Crippen molar-refractivity contribution in [3.8, 4) is 0 Å². The lowest BCUT2D eigenvalue weighted by atomic mass is 9.87. The average molecular weight is 418 g/mol.